The molecule has 0 saturated carbocycles. The van der Waals surface area contributed by atoms with E-state index in [0.717, 1.165) is 22.1 Å². The average molecular weight is 468 g/mol. The first-order valence-electron chi connectivity index (χ1n) is 9.14. The van der Waals surface area contributed by atoms with Gasteiger partial charge in [-0.05, 0) is 42.7 Å². The Labute approximate surface area is 184 Å². The van der Waals surface area contributed by atoms with E-state index in [2.05, 4.69) is 10.5 Å². The fourth-order valence-electron chi connectivity index (χ4n) is 2.75. The Balaban J connectivity index is 1.77. The summed E-state index contributed by atoms with van der Waals surface area (Å²) in [7, 11) is 0. The summed E-state index contributed by atoms with van der Waals surface area (Å²) in [6, 6.07) is 11.5. The van der Waals surface area contributed by atoms with Crippen LogP contribution in [0.15, 0.2) is 47.6 Å². The van der Waals surface area contributed by atoms with Crippen LogP contribution in [0.1, 0.15) is 34.6 Å². The molecule has 0 unspecified atom stereocenters. The van der Waals surface area contributed by atoms with Crippen LogP contribution < -0.4 is 10.7 Å². The summed E-state index contributed by atoms with van der Waals surface area (Å²) in [5.74, 6) is -2.57. The molecule has 0 aliphatic rings. The molecule has 2 aromatic carbocycles. The van der Waals surface area contributed by atoms with Gasteiger partial charge in [-0.1, -0.05) is 42.8 Å². The Kier molecular flexibility index (Phi) is 6.66. The highest BCUT2D eigenvalue weighted by atomic mass is 35.5. The van der Waals surface area contributed by atoms with E-state index in [4.69, 9.17) is 11.6 Å². The Hall–Kier alpha value is -2.91. The van der Waals surface area contributed by atoms with Gasteiger partial charge in [-0.3, -0.25) is 9.59 Å². The van der Waals surface area contributed by atoms with Crippen LogP contribution in [-0.2, 0) is 11.2 Å². The topological polar surface area (TPSA) is 70.6 Å². The second-order valence-electron chi connectivity index (χ2n) is 6.60. The minimum absolute atomic E-state index is 0.0417. The molecule has 0 spiro atoms. The summed E-state index contributed by atoms with van der Waals surface area (Å²) >= 11 is 7.61. The molecular formula is C21H17ClF3N3O2S. The van der Waals surface area contributed by atoms with Crippen LogP contribution in [0.5, 0.6) is 0 Å². The zero-order chi connectivity index (χ0) is 22.8. The zero-order valence-electron chi connectivity index (χ0n) is 16.4. The minimum Gasteiger partial charge on any atom is -0.318 e. The number of carbonyl (C=O) groups is 2. The maximum Gasteiger partial charge on any atom is 0.471 e. The van der Waals surface area contributed by atoms with Crippen molar-refractivity contribution in [3.05, 3.63) is 63.5 Å². The molecule has 1 aromatic heterocycles. The molecular weight excluding hydrogens is 451 g/mol. The van der Waals surface area contributed by atoms with E-state index >= 15 is 0 Å². The number of aryl methyl sites for hydroxylation is 1. The first kappa shape index (κ1) is 22.8. The number of hydrazone groups is 1. The molecule has 0 fully saturated rings. The highest BCUT2D eigenvalue weighted by Crippen LogP contribution is 2.36. The number of benzene rings is 2. The van der Waals surface area contributed by atoms with Gasteiger partial charge in [0, 0.05) is 15.8 Å². The van der Waals surface area contributed by atoms with Gasteiger partial charge in [0.1, 0.15) is 4.88 Å². The van der Waals surface area contributed by atoms with E-state index in [0.29, 0.717) is 21.2 Å². The lowest BCUT2D eigenvalue weighted by atomic mass is 10.1. The monoisotopic (exact) mass is 467 g/mol. The lowest BCUT2D eigenvalue weighted by Crippen LogP contribution is -2.29. The van der Waals surface area contributed by atoms with E-state index < -0.39 is 18.0 Å². The number of fused-ring (bicyclic) bond motifs is 1. The van der Waals surface area contributed by atoms with E-state index in [1.165, 1.54) is 29.5 Å². The molecule has 0 bridgehead atoms. The minimum atomic E-state index is -4.99. The molecule has 5 nitrogen and oxygen atoms in total. The second-order valence-corrected chi connectivity index (χ2v) is 8.03. The Morgan fingerprint density at radius 3 is 2.58 bits per heavy atom. The van der Waals surface area contributed by atoms with Crippen LogP contribution in [0, 0.1) is 0 Å². The van der Waals surface area contributed by atoms with Crippen molar-refractivity contribution in [2.24, 2.45) is 5.10 Å². The van der Waals surface area contributed by atoms with Gasteiger partial charge < -0.3 is 5.32 Å². The van der Waals surface area contributed by atoms with Crippen LogP contribution in [-0.4, -0.2) is 23.7 Å². The number of hydrogen-bond donors (Lipinski definition) is 2. The SMILES string of the molecule is CCc1ccc2c(Cl)c(C(=O)N/N=C(/C)c3cccc(NC(=O)C(F)(F)F)c3)sc2c1. The van der Waals surface area contributed by atoms with Crippen LogP contribution in [0.25, 0.3) is 10.1 Å². The first-order valence-corrected chi connectivity index (χ1v) is 10.3. The molecule has 0 atom stereocenters. The second kappa shape index (κ2) is 9.07. The zero-order valence-corrected chi connectivity index (χ0v) is 18.0. The summed E-state index contributed by atoms with van der Waals surface area (Å²) in [5, 5.41) is 6.91. The van der Waals surface area contributed by atoms with Crippen molar-refractivity contribution in [1.82, 2.24) is 5.43 Å². The van der Waals surface area contributed by atoms with Gasteiger partial charge in [-0.25, -0.2) is 5.43 Å². The molecule has 3 aromatic rings. The van der Waals surface area contributed by atoms with Crippen molar-refractivity contribution in [1.29, 1.82) is 0 Å². The molecule has 0 saturated heterocycles. The Morgan fingerprint density at radius 2 is 1.90 bits per heavy atom. The Bertz CT molecular complexity index is 1190. The summed E-state index contributed by atoms with van der Waals surface area (Å²) in [5.41, 5.74) is 4.27. The molecule has 162 valence electrons. The summed E-state index contributed by atoms with van der Waals surface area (Å²) in [6.45, 7) is 3.61. The Morgan fingerprint density at radius 1 is 1.16 bits per heavy atom. The van der Waals surface area contributed by atoms with Crippen molar-refractivity contribution < 1.29 is 22.8 Å². The third kappa shape index (κ3) is 5.23. The molecule has 2 amide bonds. The number of carbonyl (C=O) groups excluding carboxylic acids is 2. The number of halogens is 4. The fraction of sp³-hybridized carbons (Fsp3) is 0.190. The van der Waals surface area contributed by atoms with Gasteiger partial charge in [0.25, 0.3) is 5.91 Å². The van der Waals surface area contributed by atoms with Gasteiger partial charge in [0.05, 0.1) is 10.7 Å². The fourth-order valence-corrected chi connectivity index (χ4v) is 4.22. The van der Waals surface area contributed by atoms with Gasteiger partial charge in [-0.15, -0.1) is 11.3 Å². The number of amides is 2. The van der Waals surface area contributed by atoms with Crippen LogP contribution in [0.4, 0.5) is 18.9 Å². The summed E-state index contributed by atoms with van der Waals surface area (Å²) in [6.07, 6.45) is -4.13. The van der Waals surface area contributed by atoms with E-state index in [1.807, 2.05) is 25.1 Å². The maximum absolute atomic E-state index is 12.6. The van der Waals surface area contributed by atoms with E-state index in [-0.39, 0.29) is 5.69 Å². The smallest absolute Gasteiger partial charge is 0.318 e. The maximum atomic E-state index is 12.6. The van der Waals surface area contributed by atoms with Crippen molar-refractivity contribution in [2.75, 3.05) is 5.32 Å². The number of nitrogens with one attached hydrogen (secondary N) is 2. The predicted molar refractivity (Wildman–Crippen MR) is 117 cm³/mol. The first-order chi connectivity index (χ1) is 14.6. The molecule has 2 N–H and O–H groups in total. The number of rotatable bonds is 5. The standard InChI is InChI=1S/C21H17ClF3N3O2S/c1-3-12-7-8-15-16(9-12)31-18(17(15)22)19(29)28-27-11(2)13-5-4-6-14(10-13)26-20(30)21(23,24)25/h4-10H,3H2,1-2H3,(H,26,30)(H,28,29)/b27-11-. The number of nitrogens with zero attached hydrogens (tertiary/aromatic N) is 1. The number of alkyl halides is 3. The van der Waals surface area contributed by atoms with Crippen LogP contribution in [0.2, 0.25) is 5.02 Å². The third-order valence-electron chi connectivity index (χ3n) is 4.43. The van der Waals surface area contributed by atoms with Crippen molar-refractivity contribution in [3.63, 3.8) is 0 Å². The van der Waals surface area contributed by atoms with Gasteiger partial charge in [0.2, 0.25) is 0 Å². The normalized spacial score (nSPS) is 12.1. The van der Waals surface area contributed by atoms with Crippen molar-refractivity contribution >= 4 is 56.2 Å². The molecule has 0 aliphatic carbocycles. The number of hydrogen-bond acceptors (Lipinski definition) is 4. The molecule has 3 rings (SSSR count). The molecule has 0 aliphatic heterocycles. The van der Waals surface area contributed by atoms with E-state index in [1.54, 1.807) is 18.3 Å². The quantitative estimate of drug-likeness (QED) is 0.369. The summed E-state index contributed by atoms with van der Waals surface area (Å²) in [4.78, 5) is 24.0. The van der Waals surface area contributed by atoms with Gasteiger partial charge >= 0.3 is 12.1 Å². The molecule has 31 heavy (non-hydrogen) atoms. The van der Waals surface area contributed by atoms with Crippen LogP contribution >= 0.6 is 22.9 Å². The lowest BCUT2D eigenvalue weighted by molar-refractivity contribution is -0.167. The van der Waals surface area contributed by atoms with Gasteiger partial charge in [0.15, 0.2) is 0 Å². The molecule has 10 heteroatoms. The largest absolute Gasteiger partial charge is 0.471 e. The number of thiophene rings is 1. The van der Waals surface area contributed by atoms with Gasteiger partial charge in [-0.2, -0.15) is 18.3 Å². The summed E-state index contributed by atoms with van der Waals surface area (Å²) < 4.78 is 38.2. The average Bonchev–Trinajstić information content (AvgIpc) is 3.07. The molecule has 1 heterocycles. The highest BCUT2D eigenvalue weighted by molar-refractivity contribution is 7.21. The lowest BCUT2D eigenvalue weighted by Gasteiger charge is -2.09. The predicted octanol–water partition coefficient (Wildman–Crippen LogP) is 5.77. The molecule has 0 radical (unpaired) electrons. The van der Waals surface area contributed by atoms with Crippen LogP contribution in [0.3, 0.4) is 0 Å². The highest BCUT2D eigenvalue weighted by Gasteiger charge is 2.38. The van der Waals surface area contributed by atoms with Crippen molar-refractivity contribution in [2.45, 2.75) is 26.4 Å². The van der Waals surface area contributed by atoms with Crippen molar-refractivity contribution in [3.8, 4) is 0 Å². The third-order valence-corrected chi connectivity index (χ3v) is 6.09. The number of anilines is 1. The van der Waals surface area contributed by atoms with E-state index in [9.17, 15) is 22.8 Å².